The second-order valence-electron chi connectivity index (χ2n) is 6.75. The van der Waals surface area contributed by atoms with E-state index in [0.717, 1.165) is 0 Å². The maximum atomic E-state index is 12.8. The zero-order chi connectivity index (χ0) is 20.4. The van der Waals surface area contributed by atoms with Gasteiger partial charge < -0.3 is 10.1 Å². The van der Waals surface area contributed by atoms with Crippen molar-refractivity contribution in [2.45, 2.75) is 31.2 Å². The van der Waals surface area contributed by atoms with Gasteiger partial charge in [-0.3, -0.25) is 9.52 Å². The van der Waals surface area contributed by atoms with E-state index in [1.54, 1.807) is 12.1 Å². The van der Waals surface area contributed by atoms with Gasteiger partial charge in [0.05, 0.1) is 23.4 Å². The zero-order valence-electron chi connectivity index (χ0n) is 15.3. The Hall–Kier alpha value is -1.96. The standard InChI is InChI=1S/C18H20Cl2N2O4S/c1-18(2,3)21-17(23)11-7-5-6-8-12(11)22-27(24,25)14-10-9-13(26-4)15(19)16(14)20/h5-10,22H,1-4H3,(H,21,23). The Balaban J connectivity index is 2.43. The van der Waals surface area contributed by atoms with Crippen LogP contribution in [0.1, 0.15) is 31.1 Å². The van der Waals surface area contributed by atoms with E-state index in [9.17, 15) is 13.2 Å². The molecular formula is C18H20Cl2N2O4S. The minimum atomic E-state index is -4.09. The third-order valence-corrected chi connectivity index (χ3v) is 5.81. The summed E-state index contributed by atoms with van der Waals surface area (Å²) in [6, 6.07) is 8.98. The van der Waals surface area contributed by atoms with Crippen LogP contribution in [-0.4, -0.2) is 27.0 Å². The Morgan fingerprint density at radius 2 is 1.67 bits per heavy atom. The first-order valence-electron chi connectivity index (χ1n) is 7.92. The number of rotatable bonds is 5. The molecule has 0 bridgehead atoms. The topological polar surface area (TPSA) is 84.5 Å². The van der Waals surface area contributed by atoms with Crippen molar-refractivity contribution >= 4 is 44.8 Å². The molecule has 0 aliphatic rings. The summed E-state index contributed by atoms with van der Waals surface area (Å²) in [7, 11) is -2.70. The molecule has 2 aromatic rings. The van der Waals surface area contributed by atoms with Crippen molar-refractivity contribution < 1.29 is 17.9 Å². The summed E-state index contributed by atoms with van der Waals surface area (Å²) >= 11 is 12.2. The van der Waals surface area contributed by atoms with Crippen molar-refractivity contribution in [1.29, 1.82) is 0 Å². The molecule has 9 heteroatoms. The molecule has 0 spiro atoms. The van der Waals surface area contributed by atoms with Gasteiger partial charge in [0.2, 0.25) is 0 Å². The molecule has 1 amide bonds. The molecule has 0 unspecified atom stereocenters. The highest BCUT2D eigenvalue weighted by Gasteiger charge is 2.25. The maximum absolute atomic E-state index is 12.8. The van der Waals surface area contributed by atoms with Crippen molar-refractivity contribution in [2.24, 2.45) is 0 Å². The van der Waals surface area contributed by atoms with Crippen LogP contribution in [0.3, 0.4) is 0 Å². The number of sulfonamides is 1. The van der Waals surface area contributed by atoms with Crippen LogP contribution >= 0.6 is 23.2 Å². The molecule has 2 rings (SSSR count). The van der Waals surface area contributed by atoms with Crippen molar-refractivity contribution in [3.05, 3.63) is 52.0 Å². The molecule has 0 aliphatic carbocycles. The first-order valence-corrected chi connectivity index (χ1v) is 10.2. The second-order valence-corrected chi connectivity index (χ2v) is 9.16. The van der Waals surface area contributed by atoms with E-state index < -0.39 is 21.5 Å². The van der Waals surface area contributed by atoms with Gasteiger partial charge in [0, 0.05) is 5.54 Å². The molecule has 0 saturated heterocycles. The molecule has 0 aromatic heterocycles. The van der Waals surface area contributed by atoms with Gasteiger partial charge in [-0.1, -0.05) is 35.3 Å². The largest absolute Gasteiger partial charge is 0.495 e. The van der Waals surface area contributed by atoms with Gasteiger partial charge in [-0.15, -0.1) is 0 Å². The average molecular weight is 431 g/mol. The van der Waals surface area contributed by atoms with E-state index in [4.69, 9.17) is 27.9 Å². The summed E-state index contributed by atoms with van der Waals surface area (Å²) < 4.78 is 33.0. The van der Waals surface area contributed by atoms with Gasteiger partial charge in [0.25, 0.3) is 15.9 Å². The molecule has 0 heterocycles. The van der Waals surface area contributed by atoms with Crippen molar-refractivity contribution in [2.75, 3.05) is 11.8 Å². The summed E-state index contributed by atoms with van der Waals surface area (Å²) in [6.45, 7) is 5.49. The van der Waals surface area contributed by atoms with Crippen LogP contribution in [-0.2, 0) is 10.0 Å². The predicted octanol–water partition coefficient (Wildman–Crippen LogP) is 4.33. The lowest BCUT2D eigenvalue weighted by Gasteiger charge is -2.21. The van der Waals surface area contributed by atoms with Crippen LogP contribution in [0.4, 0.5) is 5.69 Å². The number of halogens is 2. The number of methoxy groups -OCH3 is 1. The van der Waals surface area contributed by atoms with E-state index in [1.165, 1.54) is 31.4 Å². The molecule has 0 aliphatic heterocycles. The molecule has 0 fully saturated rings. The Morgan fingerprint density at radius 3 is 2.26 bits per heavy atom. The molecule has 27 heavy (non-hydrogen) atoms. The quantitative estimate of drug-likeness (QED) is 0.738. The highest BCUT2D eigenvalue weighted by atomic mass is 35.5. The van der Waals surface area contributed by atoms with Crippen molar-refractivity contribution in [3.63, 3.8) is 0 Å². The fraction of sp³-hybridized carbons (Fsp3) is 0.278. The number of hydrogen-bond acceptors (Lipinski definition) is 4. The fourth-order valence-corrected chi connectivity index (χ4v) is 4.18. The van der Waals surface area contributed by atoms with Gasteiger partial charge >= 0.3 is 0 Å². The molecule has 0 radical (unpaired) electrons. The Bertz CT molecular complexity index is 970. The smallest absolute Gasteiger partial charge is 0.263 e. The Morgan fingerprint density at radius 1 is 1.04 bits per heavy atom. The van der Waals surface area contributed by atoms with E-state index in [1.807, 2.05) is 20.8 Å². The summed E-state index contributed by atoms with van der Waals surface area (Å²) in [5.41, 5.74) is -0.162. The lowest BCUT2D eigenvalue weighted by Crippen LogP contribution is -2.40. The number of ether oxygens (including phenoxy) is 1. The minimum absolute atomic E-state index is 0.0131. The van der Waals surface area contributed by atoms with Crippen LogP contribution in [0.25, 0.3) is 0 Å². The van der Waals surface area contributed by atoms with E-state index in [-0.39, 0.29) is 31.9 Å². The monoisotopic (exact) mass is 430 g/mol. The summed E-state index contributed by atoms with van der Waals surface area (Å²) in [4.78, 5) is 12.3. The van der Waals surface area contributed by atoms with Gasteiger partial charge in [0.1, 0.15) is 15.7 Å². The number of para-hydroxylation sites is 1. The van der Waals surface area contributed by atoms with Crippen LogP contribution in [0, 0.1) is 0 Å². The first-order chi connectivity index (χ1) is 12.5. The fourth-order valence-electron chi connectivity index (χ4n) is 2.26. The molecule has 6 nitrogen and oxygen atoms in total. The highest BCUT2D eigenvalue weighted by molar-refractivity contribution is 7.92. The Labute approximate surface area is 168 Å². The highest BCUT2D eigenvalue weighted by Crippen LogP contribution is 2.37. The van der Waals surface area contributed by atoms with Gasteiger partial charge in [0.15, 0.2) is 0 Å². The number of nitrogens with one attached hydrogen (secondary N) is 2. The third-order valence-electron chi connectivity index (χ3n) is 3.43. The molecule has 2 N–H and O–H groups in total. The number of anilines is 1. The van der Waals surface area contributed by atoms with Crippen LogP contribution in [0.5, 0.6) is 5.75 Å². The number of carbonyl (C=O) groups is 1. The lowest BCUT2D eigenvalue weighted by molar-refractivity contribution is 0.0920. The lowest BCUT2D eigenvalue weighted by atomic mass is 10.1. The normalized spacial score (nSPS) is 11.8. The summed E-state index contributed by atoms with van der Waals surface area (Å²) in [5.74, 6) is -0.148. The minimum Gasteiger partial charge on any atom is -0.495 e. The van der Waals surface area contributed by atoms with Gasteiger partial charge in [-0.05, 0) is 45.0 Å². The second kappa shape index (κ2) is 7.96. The number of hydrogen-bond donors (Lipinski definition) is 2. The van der Waals surface area contributed by atoms with Crippen LogP contribution < -0.4 is 14.8 Å². The van der Waals surface area contributed by atoms with Gasteiger partial charge in [-0.25, -0.2) is 8.42 Å². The van der Waals surface area contributed by atoms with Crippen molar-refractivity contribution in [3.8, 4) is 5.75 Å². The van der Waals surface area contributed by atoms with Crippen LogP contribution in [0.2, 0.25) is 10.0 Å². The first kappa shape index (κ1) is 21.3. The van der Waals surface area contributed by atoms with Crippen molar-refractivity contribution in [1.82, 2.24) is 5.32 Å². The maximum Gasteiger partial charge on any atom is 0.263 e. The molecular weight excluding hydrogens is 411 g/mol. The van der Waals surface area contributed by atoms with E-state index in [2.05, 4.69) is 10.0 Å². The number of benzene rings is 2. The number of carbonyl (C=O) groups excluding carboxylic acids is 1. The molecule has 146 valence electrons. The van der Waals surface area contributed by atoms with Crippen LogP contribution in [0.15, 0.2) is 41.3 Å². The predicted molar refractivity (Wildman–Crippen MR) is 107 cm³/mol. The van der Waals surface area contributed by atoms with E-state index in [0.29, 0.717) is 0 Å². The van der Waals surface area contributed by atoms with Gasteiger partial charge in [-0.2, -0.15) is 0 Å². The SMILES string of the molecule is COc1ccc(S(=O)(=O)Nc2ccccc2C(=O)NC(C)(C)C)c(Cl)c1Cl. The molecule has 0 atom stereocenters. The zero-order valence-corrected chi connectivity index (χ0v) is 17.6. The summed E-state index contributed by atoms with van der Waals surface area (Å²) in [5, 5.41) is 2.62. The molecule has 2 aromatic carbocycles. The number of amides is 1. The average Bonchev–Trinajstić information content (AvgIpc) is 2.55. The summed E-state index contributed by atoms with van der Waals surface area (Å²) in [6.07, 6.45) is 0. The van der Waals surface area contributed by atoms with E-state index >= 15 is 0 Å². The molecule has 0 saturated carbocycles. The third kappa shape index (κ3) is 5.06. The Kier molecular flexibility index (Phi) is 6.29.